The van der Waals surface area contributed by atoms with E-state index in [1.165, 1.54) is 31.2 Å². The summed E-state index contributed by atoms with van der Waals surface area (Å²) in [6.07, 6.45) is 0. The number of aryl methyl sites for hydroxylation is 1. The van der Waals surface area contributed by atoms with Crippen molar-refractivity contribution in [2.45, 2.75) is 6.92 Å². The molecular weight excluding hydrogens is 292 g/mol. The first-order valence-corrected chi connectivity index (χ1v) is 6.19. The number of nitrogens with zero attached hydrogens (tertiary/aromatic N) is 2. The Morgan fingerprint density at radius 2 is 1.68 bits per heavy atom. The van der Waals surface area contributed by atoms with Gasteiger partial charge in [-0.25, -0.2) is 0 Å². The summed E-state index contributed by atoms with van der Waals surface area (Å²) in [7, 11) is 0. The average molecular weight is 300 g/mol. The number of fused-ring (bicyclic) bond motifs is 2. The zero-order valence-electron chi connectivity index (χ0n) is 11.2. The number of nitro benzene ring substituents is 2. The van der Waals surface area contributed by atoms with E-state index >= 15 is 0 Å². The molecule has 0 fully saturated rings. The summed E-state index contributed by atoms with van der Waals surface area (Å²) in [5, 5.41) is 21.8. The molecule has 0 spiro atoms. The van der Waals surface area contributed by atoms with Crippen LogP contribution in [0, 0.1) is 27.2 Å². The van der Waals surface area contributed by atoms with Gasteiger partial charge in [0.15, 0.2) is 0 Å². The van der Waals surface area contributed by atoms with Gasteiger partial charge in [0, 0.05) is 17.7 Å². The van der Waals surface area contributed by atoms with E-state index in [4.69, 9.17) is 4.42 Å². The lowest BCUT2D eigenvalue weighted by Gasteiger charge is -2.04. The van der Waals surface area contributed by atoms with E-state index < -0.39 is 15.3 Å². The largest absolute Gasteiger partial charge is 0.456 e. The fraction of sp³-hybridized carbons (Fsp3) is 0.0714. The molecule has 110 valence electrons. The standard InChI is InChI=1S/C14H8N2O6/c1-7-2-4-11-12(13(7)16(20)21)14(17)9-6-8(15(18)19)3-5-10(9)22-11/h2-6H,1H3. The number of hydrogen-bond acceptors (Lipinski definition) is 6. The minimum Gasteiger partial charge on any atom is -0.456 e. The molecule has 0 aliphatic heterocycles. The molecule has 0 amide bonds. The van der Waals surface area contributed by atoms with Crippen molar-refractivity contribution in [2.75, 3.05) is 0 Å². The fourth-order valence-corrected chi connectivity index (χ4v) is 2.37. The Balaban J connectivity index is 2.55. The number of nitro groups is 2. The number of hydrogen-bond donors (Lipinski definition) is 0. The molecular formula is C14H8N2O6. The Bertz CT molecular complexity index is 1020. The summed E-state index contributed by atoms with van der Waals surface area (Å²) in [4.78, 5) is 33.3. The third-order valence-electron chi connectivity index (χ3n) is 3.39. The highest BCUT2D eigenvalue weighted by Crippen LogP contribution is 2.30. The molecule has 22 heavy (non-hydrogen) atoms. The Kier molecular flexibility index (Phi) is 2.87. The maximum Gasteiger partial charge on any atom is 0.287 e. The lowest BCUT2D eigenvalue weighted by Crippen LogP contribution is -2.07. The van der Waals surface area contributed by atoms with Crippen LogP contribution in [0.15, 0.2) is 39.5 Å². The van der Waals surface area contributed by atoms with Crippen LogP contribution < -0.4 is 5.43 Å². The van der Waals surface area contributed by atoms with Gasteiger partial charge < -0.3 is 4.42 Å². The van der Waals surface area contributed by atoms with Crippen molar-refractivity contribution in [1.82, 2.24) is 0 Å². The quantitative estimate of drug-likeness (QED) is 0.408. The van der Waals surface area contributed by atoms with E-state index in [1.807, 2.05) is 0 Å². The normalized spacial score (nSPS) is 11.0. The van der Waals surface area contributed by atoms with Gasteiger partial charge in [-0.1, -0.05) is 0 Å². The van der Waals surface area contributed by atoms with Gasteiger partial charge in [0.1, 0.15) is 16.6 Å². The van der Waals surface area contributed by atoms with E-state index in [9.17, 15) is 25.0 Å². The number of benzene rings is 2. The molecule has 0 unspecified atom stereocenters. The van der Waals surface area contributed by atoms with Crippen molar-refractivity contribution in [2.24, 2.45) is 0 Å². The zero-order valence-corrected chi connectivity index (χ0v) is 11.2. The van der Waals surface area contributed by atoms with E-state index in [0.29, 0.717) is 5.56 Å². The summed E-state index contributed by atoms with van der Waals surface area (Å²) in [6.45, 7) is 1.51. The maximum atomic E-state index is 12.6. The molecule has 0 aliphatic rings. The third-order valence-corrected chi connectivity index (χ3v) is 3.39. The van der Waals surface area contributed by atoms with Crippen LogP contribution in [-0.2, 0) is 0 Å². The second kappa shape index (κ2) is 4.62. The second-order valence-corrected chi connectivity index (χ2v) is 4.73. The molecule has 2 aromatic carbocycles. The van der Waals surface area contributed by atoms with E-state index in [1.54, 1.807) is 0 Å². The van der Waals surface area contributed by atoms with Gasteiger partial charge in [0.05, 0.1) is 15.2 Å². The van der Waals surface area contributed by atoms with Crippen molar-refractivity contribution in [3.8, 4) is 0 Å². The predicted molar refractivity (Wildman–Crippen MR) is 78.0 cm³/mol. The SMILES string of the molecule is Cc1ccc2oc3ccc([N+](=O)[O-])cc3c(=O)c2c1[N+](=O)[O-]. The van der Waals surface area contributed by atoms with Gasteiger partial charge in [-0.2, -0.15) is 0 Å². The third kappa shape index (κ3) is 1.89. The molecule has 0 N–H and O–H groups in total. The van der Waals surface area contributed by atoms with Gasteiger partial charge in [-0.05, 0) is 25.1 Å². The minimum absolute atomic E-state index is 0.0598. The van der Waals surface area contributed by atoms with Gasteiger partial charge >= 0.3 is 0 Å². The fourth-order valence-electron chi connectivity index (χ4n) is 2.37. The van der Waals surface area contributed by atoms with Crippen molar-refractivity contribution in [3.63, 3.8) is 0 Å². The highest BCUT2D eigenvalue weighted by atomic mass is 16.6. The predicted octanol–water partition coefficient (Wildman–Crippen LogP) is 3.07. The molecule has 0 aliphatic carbocycles. The minimum atomic E-state index is -0.657. The van der Waals surface area contributed by atoms with E-state index in [-0.39, 0.29) is 33.3 Å². The van der Waals surface area contributed by atoms with Crippen LogP contribution in [0.4, 0.5) is 11.4 Å². The molecule has 1 aromatic heterocycles. The average Bonchev–Trinajstić information content (AvgIpc) is 2.47. The first kappa shape index (κ1) is 13.7. The van der Waals surface area contributed by atoms with Crippen LogP contribution in [0.2, 0.25) is 0 Å². The van der Waals surface area contributed by atoms with Crippen LogP contribution in [0.1, 0.15) is 5.56 Å². The van der Waals surface area contributed by atoms with Crippen LogP contribution in [0.3, 0.4) is 0 Å². The molecule has 0 bridgehead atoms. The smallest absolute Gasteiger partial charge is 0.287 e. The van der Waals surface area contributed by atoms with Crippen molar-refractivity contribution in [3.05, 3.63) is 66.3 Å². The van der Waals surface area contributed by atoms with Gasteiger partial charge in [-0.3, -0.25) is 25.0 Å². The summed E-state index contributed by atoms with van der Waals surface area (Å²) >= 11 is 0. The maximum absolute atomic E-state index is 12.6. The first-order valence-electron chi connectivity index (χ1n) is 6.19. The molecule has 0 saturated carbocycles. The van der Waals surface area contributed by atoms with Gasteiger partial charge in [0.25, 0.3) is 11.4 Å². The summed E-state index contributed by atoms with van der Waals surface area (Å²) in [5.41, 5.74) is -0.760. The Morgan fingerprint density at radius 3 is 2.32 bits per heavy atom. The van der Waals surface area contributed by atoms with Crippen molar-refractivity contribution >= 4 is 33.3 Å². The highest BCUT2D eigenvalue weighted by molar-refractivity contribution is 5.96. The van der Waals surface area contributed by atoms with Crippen LogP contribution in [0.25, 0.3) is 21.9 Å². The lowest BCUT2D eigenvalue weighted by atomic mass is 10.1. The van der Waals surface area contributed by atoms with Crippen LogP contribution in [0.5, 0.6) is 0 Å². The Hall–Kier alpha value is -3.29. The van der Waals surface area contributed by atoms with Crippen LogP contribution in [-0.4, -0.2) is 9.85 Å². The van der Waals surface area contributed by atoms with E-state index in [2.05, 4.69) is 0 Å². The molecule has 3 aromatic rings. The number of non-ortho nitro benzene ring substituents is 1. The summed E-state index contributed by atoms with van der Waals surface area (Å²) in [6, 6.07) is 6.53. The monoisotopic (exact) mass is 300 g/mol. The molecule has 8 heteroatoms. The molecule has 8 nitrogen and oxygen atoms in total. The van der Waals surface area contributed by atoms with Crippen LogP contribution >= 0.6 is 0 Å². The van der Waals surface area contributed by atoms with Gasteiger partial charge in [0.2, 0.25) is 5.43 Å². The molecule has 3 rings (SSSR count). The summed E-state index contributed by atoms with van der Waals surface area (Å²) < 4.78 is 5.48. The molecule has 0 saturated heterocycles. The Morgan fingerprint density at radius 1 is 1.00 bits per heavy atom. The topological polar surface area (TPSA) is 116 Å². The van der Waals surface area contributed by atoms with E-state index in [0.717, 1.165) is 6.07 Å². The van der Waals surface area contributed by atoms with Gasteiger partial charge in [-0.15, -0.1) is 0 Å². The van der Waals surface area contributed by atoms with Crippen molar-refractivity contribution < 1.29 is 14.3 Å². The molecule has 1 heterocycles. The highest BCUT2D eigenvalue weighted by Gasteiger charge is 2.22. The first-order chi connectivity index (χ1) is 10.4. The summed E-state index contributed by atoms with van der Waals surface area (Å²) in [5.74, 6) is 0. The zero-order chi connectivity index (χ0) is 16.0. The Labute approximate surface area is 121 Å². The molecule has 0 radical (unpaired) electrons. The van der Waals surface area contributed by atoms with Crippen molar-refractivity contribution in [1.29, 1.82) is 0 Å². The molecule has 0 atom stereocenters. The number of rotatable bonds is 2. The second-order valence-electron chi connectivity index (χ2n) is 4.73. The lowest BCUT2D eigenvalue weighted by molar-refractivity contribution is -0.384.